The normalized spacial score (nSPS) is 13.9. The summed E-state index contributed by atoms with van der Waals surface area (Å²) >= 11 is 0. The summed E-state index contributed by atoms with van der Waals surface area (Å²) in [6.45, 7) is 4.13. The maximum absolute atomic E-state index is 12.8. The molecule has 0 unspecified atom stereocenters. The van der Waals surface area contributed by atoms with Crippen molar-refractivity contribution in [2.75, 3.05) is 11.3 Å². The maximum atomic E-state index is 12.8. The first kappa shape index (κ1) is 18.3. The van der Waals surface area contributed by atoms with Crippen molar-refractivity contribution in [1.82, 2.24) is 5.32 Å². The number of benzene rings is 2. The molecule has 0 saturated heterocycles. The molecule has 7 heteroatoms. The van der Waals surface area contributed by atoms with Crippen LogP contribution < -0.4 is 14.8 Å². The minimum absolute atomic E-state index is 0.0924. The zero-order valence-electron chi connectivity index (χ0n) is 14.8. The van der Waals surface area contributed by atoms with E-state index < -0.39 is 10.0 Å². The van der Waals surface area contributed by atoms with Crippen LogP contribution in [0.15, 0.2) is 47.4 Å². The van der Waals surface area contributed by atoms with E-state index in [1.165, 1.54) is 6.07 Å². The fourth-order valence-electron chi connectivity index (χ4n) is 2.52. The van der Waals surface area contributed by atoms with Crippen LogP contribution in [0.1, 0.15) is 35.7 Å². The summed E-state index contributed by atoms with van der Waals surface area (Å²) in [5.74, 6) is 0.426. The molecular formula is C19H22N2O4S. The molecule has 0 aromatic heterocycles. The number of hydrogen-bond acceptors (Lipinski definition) is 4. The van der Waals surface area contributed by atoms with E-state index in [4.69, 9.17) is 4.74 Å². The molecule has 0 bridgehead atoms. The summed E-state index contributed by atoms with van der Waals surface area (Å²) in [6, 6.07) is 11.6. The minimum atomic E-state index is -3.81. The van der Waals surface area contributed by atoms with Crippen molar-refractivity contribution in [2.45, 2.75) is 37.6 Å². The number of amides is 1. The first-order valence-electron chi connectivity index (χ1n) is 8.56. The monoisotopic (exact) mass is 374 g/mol. The average Bonchev–Trinajstić information content (AvgIpc) is 3.41. The van der Waals surface area contributed by atoms with E-state index in [0.717, 1.165) is 12.8 Å². The second kappa shape index (κ2) is 7.37. The zero-order valence-corrected chi connectivity index (χ0v) is 15.6. The topological polar surface area (TPSA) is 84.5 Å². The van der Waals surface area contributed by atoms with Gasteiger partial charge in [-0.15, -0.1) is 0 Å². The van der Waals surface area contributed by atoms with Crippen LogP contribution in [0.3, 0.4) is 0 Å². The van der Waals surface area contributed by atoms with E-state index in [9.17, 15) is 13.2 Å². The molecule has 1 saturated carbocycles. The van der Waals surface area contributed by atoms with Gasteiger partial charge in [0.15, 0.2) is 0 Å². The van der Waals surface area contributed by atoms with E-state index in [0.29, 0.717) is 29.2 Å². The molecule has 0 atom stereocenters. The van der Waals surface area contributed by atoms with Crippen molar-refractivity contribution >= 4 is 21.6 Å². The lowest BCUT2D eigenvalue weighted by molar-refractivity contribution is 0.0951. The molecule has 1 aliphatic carbocycles. The van der Waals surface area contributed by atoms with E-state index in [-0.39, 0.29) is 16.8 Å². The van der Waals surface area contributed by atoms with Crippen LogP contribution in [-0.4, -0.2) is 27.0 Å². The largest absolute Gasteiger partial charge is 0.494 e. The third kappa shape index (κ3) is 4.35. The molecule has 2 aromatic rings. The van der Waals surface area contributed by atoms with Crippen LogP contribution in [0, 0.1) is 6.92 Å². The van der Waals surface area contributed by atoms with E-state index >= 15 is 0 Å². The predicted molar refractivity (Wildman–Crippen MR) is 100 cm³/mol. The van der Waals surface area contributed by atoms with Crippen molar-refractivity contribution in [2.24, 2.45) is 0 Å². The standard InChI is InChI=1S/C19H22N2O4S/c1-3-25-17-10-8-16(9-11-17)21-26(23,24)18-12-14(5-4-13(18)2)19(22)20-15-6-7-15/h4-5,8-12,15,21H,3,6-7H2,1-2H3,(H,20,22). The van der Waals surface area contributed by atoms with Gasteiger partial charge in [0.2, 0.25) is 0 Å². The fraction of sp³-hybridized carbons (Fsp3) is 0.316. The van der Waals surface area contributed by atoms with Crippen LogP contribution in [-0.2, 0) is 10.0 Å². The first-order valence-corrected chi connectivity index (χ1v) is 10.0. The van der Waals surface area contributed by atoms with Gasteiger partial charge < -0.3 is 10.1 Å². The van der Waals surface area contributed by atoms with Crippen LogP contribution in [0.2, 0.25) is 0 Å². The molecule has 0 heterocycles. The molecule has 2 N–H and O–H groups in total. The number of sulfonamides is 1. The maximum Gasteiger partial charge on any atom is 0.262 e. The fourth-order valence-corrected chi connectivity index (χ4v) is 3.85. The SMILES string of the molecule is CCOc1ccc(NS(=O)(=O)c2cc(C(=O)NC3CC3)ccc2C)cc1. The second-order valence-electron chi connectivity index (χ2n) is 6.29. The summed E-state index contributed by atoms with van der Waals surface area (Å²) in [5, 5.41) is 2.87. The summed E-state index contributed by atoms with van der Waals surface area (Å²) in [5.41, 5.74) is 1.35. The van der Waals surface area contributed by atoms with Crippen LogP contribution in [0.4, 0.5) is 5.69 Å². The van der Waals surface area contributed by atoms with Crippen molar-refractivity contribution in [1.29, 1.82) is 0 Å². The lowest BCUT2D eigenvalue weighted by Gasteiger charge is -2.12. The first-order chi connectivity index (χ1) is 12.4. The number of rotatable bonds is 7. The number of aryl methyl sites for hydroxylation is 1. The second-order valence-corrected chi connectivity index (χ2v) is 7.94. The summed E-state index contributed by atoms with van der Waals surface area (Å²) in [4.78, 5) is 12.3. The summed E-state index contributed by atoms with van der Waals surface area (Å²) < 4.78 is 33.4. The highest BCUT2D eigenvalue weighted by Crippen LogP contribution is 2.24. The molecule has 2 aromatic carbocycles. The molecule has 26 heavy (non-hydrogen) atoms. The van der Waals surface area contributed by atoms with Gasteiger partial charge >= 0.3 is 0 Å². The smallest absolute Gasteiger partial charge is 0.262 e. The van der Waals surface area contributed by atoms with Gasteiger partial charge in [0, 0.05) is 17.3 Å². The third-order valence-corrected chi connectivity index (χ3v) is 5.59. The van der Waals surface area contributed by atoms with Crippen LogP contribution in [0.5, 0.6) is 5.75 Å². The van der Waals surface area contributed by atoms with Gasteiger partial charge in [0.25, 0.3) is 15.9 Å². The number of hydrogen-bond donors (Lipinski definition) is 2. The Labute approximate surface area is 153 Å². The molecule has 1 fully saturated rings. The van der Waals surface area contributed by atoms with E-state index in [1.54, 1.807) is 43.3 Å². The molecule has 0 spiro atoms. The van der Waals surface area contributed by atoms with Gasteiger partial charge in [-0.1, -0.05) is 6.07 Å². The van der Waals surface area contributed by atoms with E-state index in [1.807, 2.05) is 6.92 Å². The van der Waals surface area contributed by atoms with Crippen molar-refractivity contribution in [3.05, 3.63) is 53.6 Å². The Morgan fingerprint density at radius 3 is 2.46 bits per heavy atom. The molecule has 3 rings (SSSR count). The molecule has 1 amide bonds. The predicted octanol–water partition coefficient (Wildman–Crippen LogP) is 3.09. The number of carbonyl (C=O) groups is 1. The van der Waals surface area contributed by atoms with Crippen molar-refractivity contribution < 1.29 is 17.9 Å². The lowest BCUT2D eigenvalue weighted by atomic mass is 10.1. The molecule has 0 aliphatic heterocycles. The van der Waals surface area contributed by atoms with Gasteiger partial charge in [-0.3, -0.25) is 9.52 Å². The van der Waals surface area contributed by atoms with Gasteiger partial charge in [-0.2, -0.15) is 0 Å². The molecule has 6 nitrogen and oxygen atoms in total. The van der Waals surface area contributed by atoms with Gasteiger partial charge in [0.05, 0.1) is 11.5 Å². The Hall–Kier alpha value is -2.54. The van der Waals surface area contributed by atoms with Crippen LogP contribution >= 0.6 is 0 Å². The Bertz CT molecular complexity index is 904. The van der Waals surface area contributed by atoms with Gasteiger partial charge in [-0.05, 0) is 68.7 Å². The van der Waals surface area contributed by atoms with Crippen molar-refractivity contribution in [3.8, 4) is 5.75 Å². The molecular weight excluding hydrogens is 352 g/mol. The number of carbonyl (C=O) groups excluding carboxylic acids is 1. The quantitative estimate of drug-likeness (QED) is 0.780. The lowest BCUT2D eigenvalue weighted by Crippen LogP contribution is -2.26. The van der Waals surface area contributed by atoms with Gasteiger partial charge in [0.1, 0.15) is 5.75 Å². The summed E-state index contributed by atoms with van der Waals surface area (Å²) in [7, 11) is -3.81. The number of anilines is 1. The summed E-state index contributed by atoms with van der Waals surface area (Å²) in [6.07, 6.45) is 1.95. The van der Waals surface area contributed by atoms with E-state index in [2.05, 4.69) is 10.0 Å². The molecule has 138 valence electrons. The highest BCUT2D eigenvalue weighted by atomic mass is 32.2. The Morgan fingerprint density at radius 2 is 1.85 bits per heavy atom. The van der Waals surface area contributed by atoms with Crippen LogP contribution in [0.25, 0.3) is 0 Å². The van der Waals surface area contributed by atoms with Crippen molar-refractivity contribution in [3.63, 3.8) is 0 Å². The number of ether oxygens (including phenoxy) is 1. The Morgan fingerprint density at radius 1 is 1.15 bits per heavy atom. The Balaban J connectivity index is 1.82. The minimum Gasteiger partial charge on any atom is -0.494 e. The third-order valence-electron chi connectivity index (χ3n) is 4.07. The molecule has 0 radical (unpaired) electrons. The number of nitrogens with one attached hydrogen (secondary N) is 2. The molecule has 1 aliphatic rings. The average molecular weight is 374 g/mol. The highest BCUT2D eigenvalue weighted by Gasteiger charge is 2.25. The highest BCUT2D eigenvalue weighted by molar-refractivity contribution is 7.92. The Kier molecular flexibility index (Phi) is 5.18. The van der Waals surface area contributed by atoms with Gasteiger partial charge in [-0.25, -0.2) is 8.42 Å². The zero-order chi connectivity index (χ0) is 18.7.